The van der Waals surface area contributed by atoms with Crippen molar-refractivity contribution in [2.45, 2.75) is 19.4 Å². The van der Waals surface area contributed by atoms with Crippen molar-refractivity contribution in [2.75, 3.05) is 6.61 Å². The molecule has 0 rings (SSSR count). The Balaban J connectivity index is 0. The average Bonchev–Trinajstić information content (AvgIpc) is 1.97. The number of hydrogen-bond donors (Lipinski definition) is 3. The quantitative estimate of drug-likeness (QED) is 0.483. The van der Waals surface area contributed by atoms with Gasteiger partial charge in [0.2, 0.25) is 0 Å². The average molecular weight is 249 g/mol. The molecule has 0 aromatic carbocycles. The van der Waals surface area contributed by atoms with Gasteiger partial charge in [0, 0.05) is 6.42 Å². The summed E-state index contributed by atoms with van der Waals surface area (Å²) in [4.78, 5) is 7.61. The smallest absolute Gasteiger partial charge is 0.377 e. The summed E-state index contributed by atoms with van der Waals surface area (Å²) in [6, 6.07) is 0. The summed E-state index contributed by atoms with van der Waals surface area (Å²) >= 11 is 8.81. The van der Waals surface area contributed by atoms with Crippen LogP contribution in [-0.2, 0) is 4.57 Å². The van der Waals surface area contributed by atoms with Gasteiger partial charge in [0.05, 0.1) is 6.61 Å². The molecule has 7 heteroatoms. The molecular weight excluding hydrogens is 238 g/mol. The van der Waals surface area contributed by atoms with E-state index >= 15 is 0 Å². The van der Waals surface area contributed by atoms with Gasteiger partial charge in [-0.3, -0.25) is 4.57 Å². The third-order valence-corrected chi connectivity index (χ3v) is 0.618. The molecule has 0 saturated heterocycles. The van der Waals surface area contributed by atoms with Gasteiger partial charge in [-0.05, 0) is 22.5 Å². The lowest BCUT2D eigenvalue weighted by Gasteiger charge is -1.91. The summed E-state index contributed by atoms with van der Waals surface area (Å²) in [5.41, 5.74) is 0. The third-order valence-electron chi connectivity index (χ3n) is 0.618. The fourth-order valence-electron chi connectivity index (χ4n) is 0.266. The molecule has 1 atom stereocenters. The van der Waals surface area contributed by atoms with Crippen molar-refractivity contribution in [1.29, 1.82) is 0 Å². The van der Waals surface area contributed by atoms with E-state index in [9.17, 15) is 4.57 Å². The molecule has 4 nitrogen and oxygen atoms in total. The van der Waals surface area contributed by atoms with Crippen LogP contribution < -0.4 is 0 Å². The van der Waals surface area contributed by atoms with Gasteiger partial charge >= 0.3 is 6.07 Å². The van der Waals surface area contributed by atoms with Crippen LogP contribution in [0.2, 0.25) is 0 Å². The second-order valence-corrected chi connectivity index (χ2v) is 5.95. The third kappa shape index (κ3) is 32.9. The minimum Gasteiger partial charge on any atom is -0.393 e. The molecule has 0 bridgehead atoms. The predicted molar refractivity (Wildman–Crippen MR) is 52.7 cm³/mol. The topological polar surface area (TPSA) is 77.8 Å². The first-order chi connectivity index (χ1) is 5.81. The van der Waals surface area contributed by atoms with Crippen LogP contribution in [0.3, 0.4) is 0 Å². The zero-order valence-electron chi connectivity index (χ0n) is 6.94. The van der Waals surface area contributed by atoms with E-state index < -0.39 is 12.2 Å². The number of aliphatic hydroxyl groups excluding tert-OH is 2. The van der Waals surface area contributed by atoms with Gasteiger partial charge in [0.25, 0.3) is 0 Å². The van der Waals surface area contributed by atoms with Crippen LogP contribution in [0.4, 0.5) is 0 Å². The van der Waals surface area contributed by atoms with Crippen LogP contribution in [0.25, 0.3) is 0 Å². The molecule has 0 aliphatic carbocycles. The molecule has 0 heterocycles. The van der Waals surface area contributed by atoms with Crippen molar-refractivity contribution in [3.05, 3.63) is 0 Å². The van der Waals surface area contributed by atoms with Gasteiger partial charge in [-0.25, -0.2) is 0 Å². The Bertz CT molecular complexity index is 208. The zero-order chi connectivity index (χ0) is 10.9. The van der Waals surface area contributed by atoms with E-state index in [1.54, 1.807) is 0 Å². The van der Waals surface area contributed by atoms with Gasteiger partial charge in [-0.1, -0.05) is 12.8 Å². The highest BCUT2D eigenvalue weighted by atomic mass is 35.9. The van der Waals surface area contributed by atoms with E-state index in [0.717, 1.165) is 6.42 Å². The van der Waals surface area contributed by atoms with Crippen LogP contribution in [0.1, 0.15) is 13.3 Å². The second kappa shape index (κ2) is 8.83. The maximum absolute atomic E-state index is 9.30. The fourth-order valence-corrected chi connectivity index (χ4v) is 0.266. The lowest BCUT2D eigenvalue weighted by Crippen LogP contribution is -2.07. The molecular formula is C6H11Cl2O4P. The summed E-state index contributed by atoms with van der Waals surface area (Å²) < 4.78 is 9.30. The molecule has 3 N–H and O–H groups in total. The molecule has 0 radical (unpaired) electrons. The first-order valence-electron chi connectivity index (χ1n) is 3.30. The summed E-state index contributed by atoms with van der Waals surface area (Å²) in [7, 11) is 0. The molecule has 0 aromatic heterocycles. The second-order valence-electron chi connectivity index (χ2n) is 1.81. The standard InChI is InChI=1S/C6H10O2.Cl2HO2P/c1-2-3-4-6(8)5-7;1-5(2,3)4/h6-8H,2,5H2,1H3;(H,3,4). The predicted octanol–water partition coefficient (Wildman–Crippen LogP) is 1.32. The molecule has 0 aliphatic rings. The largest absolute Gasteiger partial charge is 0.393 e. The monoisotopic (exact) mass is 248 g/mol. The number of hydrogen-bond acceptors (Lipinski definition) is 3. The Morgan fingerprint density at radius 2 is 1.92 bits per heavy atom. The first kappa shape index (κ1) is 15.7. The fraction of sp³-hybridized carbons (Fsp3) is 0.667. The van der Waals surface area contributed by atoms with Crippen LogP contribution in [0, 0.1) is 11.8 Å². The summed E-state index contributed by atoms with van der Waals surface area (Å²) in [5, 5.41) is 16.8. The summed E-state index contributed by atoms with van der Waals surface area (Å²) in [5.74, 6) is 5.08. The molecule has 0 saturated carbocycles. The van der Waals surface area contributed by atoms with Crippen molar-refractivity contribution in [2.24, 2.45) is 0 Å². The Hall–Kier alpha value is 0.250. The SMILES string of the molecule is CCC#CC(O)CO.O=P(O)(Cl)Cl. The van der Waals surface area contributed by atoms with E-state index in [0.29, 0.717) is 0 Å². The molecule has 0 aliphatic heterocycles. The van der Waals surface area contributed by atoms with Gasteiger partial charge in [-0.2, -0.15) is 0 Å². The molecule has 0 aromatic rings. The first-order valence-corrected chi connectivity index (χ1v) is 6.77. The zero-order valence-corrected chi connectivity index (χ0v) is 9.35. The Kier molecular flexibility index (Phi) is 10.7. The van der Waals surface area contributed by atoms with E-state index in [-0.39, 0.29) is 6.61 Å². The highest BCUT2D eigenvalue weighted by molar-refractivity contribution is 8.04. The molecule has 1 unspecified atom stereocenters. The molecule has 0 amide bonds. The van der Waals surface area contributed by atoms with Crippen LogP contribution in [0.15, 0.2) is 0 Å². The lowest BCUT2D eigenvalue weighted by molar-refractivity contribution is 0.138. The maximum atomic E-state index is 9.30. The van der Waals surface area contributed by atoms with Crippen molar-refractivity contribution in [3.8, 4) is 11.8 Å². The molecule has 0 spiro atoms. The van der Waals surface area contributed by atoms with Gasteiger partial charge in [-0.15, -0.1) is 5.92 Å². The summed E-state index contributed by atoms with van der Waals surface area (Å²) in [6.07, 6.45) is -3.83. The van der Waals surface area contributed by atoms with E-state index in [2.05, 4.69) is 34.3 Å². The van der Waals surface area contributed by atoms with E-state index in [1.807, 2.05) is 6.92 Å². The van der Waals surface area contributed by atoms with Crippen LogP contribution in [0.5, 0.6) is 0 Å². The Morgan fingerprint density at radius 3 is 2.15 bits per heavy atom. The Morgan fingerprint density at radius 1 is 1.54 bits per heavy atom. The molecule has 13 heavy (non-hydrogen) atoms. The van der Waals surface area contributed by atoms with Crippen molar-refractivity contribution in [1.82, 2.24) is 0 Å². The molecule has 0 fully saturated rings. The maximum Gasteiger partial charge on any atom is 0.377 e. The number of rotatable bonds is 1. The highest BCUT2D eigenvalue weighted by Gasteiger charge is 2.02. The normalized spacial score (nSPS) is 11.8. The van der Waals surface area contributed by atoms with Crippen LogP contribution in [-0.4, -0.2) is 27.8 Å². The van der Waals surface area contributed by atoms with E-state index in [1.165, 1.54) is 0 Å². The van der Waals surface area contributed by atoms with E-state index in [4.69, 9.17) is 15.1 Å². The highest BCUT2D eigenvalue weighted by Crippen LogP contribution is 2.51. The van der Waals surface area contributed by atoms with Gasteiger partial charge < -0.3 is 15.1 Å². The Labute approximate surface area is 86.5 Å². The summed E-state index contributed by atoms with van der Waals surface area (Å²) in [6.45, 7) is 1.62. The van der Waals surface area contributed by atoms with Crippen molar-refractivity contribution < 1.29 is 19.7 Å². The number of halogens is 2. The van der Waals surface area contributed by atoms with Gasteiger partial charge in [0.1, 0.15) is 6.10 Å². The lowest BCUT2D eigenvalue weighted by atomic mass is 10.3. The number of aliphatic hydroxyl groups is 2. The van der Waals surface area contributed by atoms with Gasteiger partial charge in [0.15, 0.2) is 0 Å². The minimum atomic E-state index is -3.69. The minimum absolute atomic E-state index is 0.271. The van der Waals surface area contributed by atoms with Crippen molar-refractivity contribution in [3.63, 3.8) is 0 Å². The molecule has 78 valence electrons. The van der Waals surface area contributed by atoms with Crippen LogP contribution >= 0.6 is 28.6 Å². The van der Waals surface area contributed by atoms with Crippen molar-refractivity contribution >= 4 is 28.6 Å².